The van der Waals surface area contributed by atoms with Crippen LogP contribution in [-0.2, 0) is 0 Å². The lowest BCUT2D eigenvalue weighted by molar-refractivity contribution is 0.0314. The van der Waals surface area contributed by atoms with Gasteiger partial charge >= 0.3 is 0 Å². The SMILES string of the molecule is C1CC2(C1)CCC2.CN. The molecule has 0 radical (unpaired) electrons. The first-order valence-electron chi connectivity index (χ1n) is 3.99. The molecule has 2 aliphatic carbocycles. The van der Waals surface area contributed by atoms with Gasteiger partial charge in [0, 0.05) is 0 Å². The Bertz CT molecular complexity index is 65.1. The summed E-state index contributed by atoms with van der Waals surface area (Å²) in [7, 11) is 1.50. The van der Waals surface area contributed by atoms with Crippen LogP contribution in [0.3, 0.4) is 0 Å². The zero-order valence-corrected chi connectivity index (χ0v) is 6.32. The molecule has 0 aromatic rings. The third-order valence-corrected chi connectivity index (χ3v) is 2.83. The molecule has 2 fully saturated rings. The summed E-state index contributed by atoms with van der Waals surface area (Å²) in [5.74, 6) is 0. The Morgan fingerprint density at radius 1 is 0.889 bits per heavy atom. The first-order chi connectivity index (χ1) is 4.41. The molecule has 2 aliphatic rings. The van der Waals surface area contributed by atoms with Crippen molar-refractivity contribution in [3.05, 3.63) is 0 Å². The van der Waals surface area contributed by atoms with Crippen molar-refractivity contribution < 1.29 is 0 Å². The molecule has 0 bridgehead atoms. The van der Waals surface area contributed by atoms with Crippen LogP contribution in [0.5, 0.6) is 0 Å². The van der Waals surface area contributed by atoms with E-state index in [1.165, 1.54) is 19.9 Å². The summed E-state index contributed by atoms with van der Waals surface area (Å²) >= 11 is 0. The number of nitrogens with two attached hydrogens (primary N) is 1. The maximum atomic E-state index is 4.50. The zero-order valence-electron chi connectivity index (χ0n) is 6.32. The van der Waals surface area contributed by atoms with E-state index in [9.17, 15) is 0 Å². The fourth-order valence-corrected chi connectivity index (χ4v) is 1.85. The fourth-order valence-electron chi connectivity index (χ4n) is 1.85. The van der Waals surface area contributed by atoms with Crippen LogP contribution in [0.4, 0.5) is 0 Å². The maximum Gasteiger partial charge on any atom is -0.0195 e. The average Bonchev–Trinajstić information content (AvgIpc) is 1.63. The van der Waals surface area contributed by atoms with Gasteiger partial charge in [0.2, 0.25) is 0 Å². The highest BCUT2D eigenvalue weighted by molar-refractivity contribution is 4.93. The zero-order chi connectivity index (χ0) is 6.74. The molecule has 0 atom stereocenters. The van der Waals surface area contributed by atoms with Crippen molar-refractivity contribution in [2.24, 2.45) is 11.1 Å². The molecule has 54 valence electrons. The Kier molecular flexibility index (Phi) is 2.12. The molecule has 9 heavy (non-hydrogen) atoms. The van der Waals surface area contributed by atoms with Gasteiger partial charge in [0.1, 0.15) is 0 Å². The van der Waals surface area contributed by atoms with Gasteiger partial charge in [-0.1, -0.05) is 12.8 Å². The van der Waals surface area contributed by atoms with E-state index < -0.39 is 0 Å². The van der Waals surface area contributed by atoms with Crippen LogP contribution < -0.4 is 5.73 Å². The second-order valence-corrected chi connectivity index (χ2v) is 3.21. The van der Waals surface area contributed by atoms with Crippen LogP contribution in [0.1, 0.15) is 38.5 Å². The van der Waals surface area contributed by atoms with E-state index in [2.05, 4.69) is 5.73 Å². The molecule has 2 rings (SSSR count). The van der Waals surface area contributed by atoms with Gasteiger partial charge in [-0.15, -0.1) is 0 Å². The number of hydrogen-bond acceptors (Lipinski definition) is 1. The van der Waals surface area contributed by atoms with Crippen molar-refractivity contribution in [1.82, 2.24) is 0 Å². The first-order valence-corrected chi connectivity index (χ1v) is 3.99. The third kappa shape index (κ3) is 1.11. The standard InChI is InChI=1S/C7H12.CH5N/c1-3-7(4-1)5-2-6-7;1-2/h1-6H2;2H2,1H3. The van der Waals surface area contributed by atoms with Gasteiger partial charge in [0.25, 0.3) is 0 Å². The summed E-state index contributed by atoms with van der Waals surface area (Å²) in [6, 6.07) is 0. The van der Waals surface area contributed by atoms with Gasteiger partial charge in [-0.05, 0) is 38.1 Å². The molecule has 0 aromatic heterocycles. The summed E-state index contributed by atoms with van der Waals surface area (Å²) in [6.45, 7) is 0. The molecule has 0 saturated heterocycles. The maximum absolute atomic E-state index is 4.50. The molecular weight excluding hydrogens is 110 g/mol. The van der Waals surface area contributed by atoms with Crippen LogP contribution in [-0.4, -0.2) is 7.05 Å². The van der Waals surface area contributed by atoms with Crippen molar-refractivity contribution in [1.29, 1.82) is 0 Å². The van der Waals surface area contributed by atoms with Crippen LogP contribution in [0.15, 0.2) is 0 Å². The molecule has 1 nitrogen and oxygen atoms in total. The predicted molar refractivity (Wildman–Crippen MR) is 40.2 cm³/mol. The minimum atomic E-state index is 0.944. The lowest BCUT2D eigenvalue weighted by atomic mass is 9.56. The predicted octanol–water partition coefficient (Wildman–Crippen LogP) is 1.92. The van der Waals surface area contributed by atoms with E-state index in [0.29, 0.717) is 0 Å². The van der Waals surface area contributed by atoms with E-state index >= 15 is 0 Å². The van der Waals surface area contributed by atoms with Gasteiger partial charge in [-0.2, -0.15) is 0 Å². The van der Waals surface area contributed by atoms with Crippen molar-refractivity contribution >= 4 is 0 Å². The summed E-state index contributed by atoms with van der Waals surface area (Å²) in [6.07, 6.45) is 9.31. The summed E-state index contributed by atoms with van der Waals surface area (Å²) < 4.78 is 0. The molecule has 0 aliphatic heterocycles. The van der Waals surface area contributed by atoms with Gasteiger partial charge in [0.05, 0.1) is 0 Å². The molecule has 1 heteroatoms. The van der Waals surface area contributed by atoms with Gasteiger partial charge in [0.15, 0.2) is 0 Å². The second kappa shape index (κ2) is 2.70. The highest BCUT2D eigenvalue weighted by Gasteiger charge is 2.41. The monoisotopic (exact) mass is 127 g/mol. The quantitative estimate of drug-likeness (QED) is 0.528. The Morgan fingerprint density at radius 2 is 1.22 bits per heavy atom. The minimum Gasteiger partial charge on any atom is -0.333 e. The highest BCUT2D eigenvalue weighted by Crippen LogP contribution is 2.55. The molecule has 0 aromatic carbocycles. The lowest BCUT2D eigenvalue weighted by Gasteiger charge is -2.49. The minimum absolute atomic E-state index is 0.944. The topological polar surface area (TPSA) is 26.0 Å². The Morgan fingerprint density at radius 3 is 1.22 bits per heavy atom. The average molecular weight is 127 g/mol. The van der Waals surface area contributed by atoms with Crippen molar-refractivity contribution in [2.45, 2.75) is 38.5 Å². The summed E-state index contributed by atoms with van der Waals surface area (Å²) in [5, 5.41) is 0. The molecule has 0 heterocycles. The largest absolute Gasteiger partial charge is 0.333 e. The van der Waals surface area contributed by atoms with Crippen LogP contribution >= 0.6 is 0 Å². The van der Waals surface area contributed by atoms with Gasteiger partial charge in [-0.25, -0.2) is 0 Å². The molecule has 1 spiro atoms. The Hall–Kier alpha value is -0.0400. The Labute approximate surface area is 57.6 Å². The Balaban J connectivity index is 0.000000186. The van der Waals surface area contributed by atoms with E-state index in [4.69, 9.17) is 0 Å². The normalized spacial score (nSPS) is 27.3. The first kappa shape index (κ1) is 7.07. The van der Waals surface area contributed by atoms with Crippen LogP contribution in [0.25, 0.3) is 0 Å². The smallest absolute Gasteiger partial charge is 0.0195 e. The van der Waals surface area contributed by atoms with Gasteiger partial charge in [-0.3, -0.25) is 0 Å². The lowest BCUT2D eigenvalue weighted by Crippen LogP contribution is -2.35. The van der Waals surface area contributed by atoms with Gasteiger partial charge < -0.3 is 5.73 Å². The van der Waals surface area contributed by atoms with Crippen LogP contribution in [0, 0.1) is 5.41 Å². The second-order valence-electron chi connectivity index (χ2n) is 3.21. The molecule has 0 unspecified atom stereocenters. The number of rotatable bonds is 0. The number of hydrogen-bond donors (Lipinski definition) is 1. The van der Waals surface area contributed by atoms with E-state index in [-0.39, 0.29) is 0 Å². The highest BCUT2D eigenvalue weighted by atomic mass is 14.5. The van der Waals surface area contributed by atoms with E-state index in [0.717, 1.165) is 5.41 Å². The third-order valence-electron chi connectivity index (χ3n) is 2.83. The van der Waals surface area contributed by atoms with Crippen molar-refractivity contribution in [3.8, 4) is 0 Å². The van der Waals surface area contributed by atoms with E-state index in [1.807, 2.05) is 0 Å². The van der Waals surface area contributed by atoms with Crippen molar-refractivity contribution in [2.75, 3.05) is 7.05 Å². The molecule has 0 amide bonds. The fraction of sp³-hybridized carbons (Fsp3) is 1.00. The van der Waals surface area contributed by atoms with E-state index in [1.54, 1.807) is 25.7 Å². The van der Waals surface area contributed by atoms with Crippen molar-refractivity contribution in [3.63, 3.8) is 0 Å². The molecular formula is C8H17N. The molecule has 2 N–H and O–H groups in total. The molecule has 2 saturated carbocycles. The van der Waals surface area contributed by atoms with Crippen LogP contribution in [0.2, 0.25) is 0 Å². The summed E-state index contributed by atoms with van der Waals surface area (Å²) in [4.78, 5) is 0. The summed E-state index contributed by atoms with van der Waals surface area (Å²) in [5.41, 5.74) is 5.44.